The normalized spacial score (nSPS) is 17.1. The number of hydrogen-bond donors (Lipinski definition) is 1. The Balaban J connectivity index is 1.62. The average Bonchev–Trinajstić information content (AvgIpc) is 3.14. The maximum atomic E-state index is 12.7. The summed E-state index contributed by atoms with van der Waals surface area (Å²) in [5, 5.41) is 3.07. The fraction of sp³-hybridized carbons (Fsp3) is 0.381. The lowest BCUT2D eigenvalue weighted by atomic mass is 10.1. The summed E-state index contributed by atoms with van der Waals surface area (Å²) in [4.78, 5) is 15.0. The van der Waals surface area contributed by atoms with Crippen LogP contribution in [0.3, 0.4) is 0 Å². The van der Waals surface area contributed by atoms with Crippen molar-refractivity contribution in [1.82, 2.24) is 10.2 Å². The topological polar surface area (TPSA) is 50.8 Å². The Bertz CT molecular complexity index is 733. The van der Waals surface area contributed by atoms with Crippen molar-refractivity contribution in [3.63, 3.8) is 0 Å². The van der Waals surface area contributed by atoms with Gasteiger partial charge >= 0.3 is 0 Å². The van der Waals surface area contributed by atoms with Crippen LogP contribution in [0, 0.1) is 0 Å². The molecule has 1 unspecified atom stereocenters. The molecule has 1 fully saturated rings. The predicted octanol–water partition coefficient (Wildman–Crippen LogP) is 2.98. The Hall–Kier alpha value is -2.53. The van der Waals surface area contributed by atoms with Crippen LogP contribution in [0.5, 0.6) is 11.5 Å². The first-order valence-corrected chi connectivity index (χ1v) is 8.98. The summed E-state index contributed by atoms with van der Waals surface area (Å²) >= 11 is 0. The van der Waals surface area contributed by atoms with Crippen molar-refractivity contribution in [2.24, 2.45) is 0 Å². The first kappa shape index (κ1) is 18.3. The van der Waals surface area contributed by atoms with E-state index in [-0.39, 0.29) is 11.9 Å². The number of nitrogens with one attached hydrogen (secondary N) is 1. The van der Waals surface area contributed by atoms with Crippen LogP contribution >= 0.6 is 0 Å². The van der Waals surface area contributed by atoms with E-state index in [0.717, 1.165) is 43.0 Å². The lowest BCUT2D eigenvalue weighted by molar-refractivity contribution is -0.125. The molecule has 1 heterocycles. The minimum atomic E-state index is -0.0770. The van der Waals surface area contributed by atoms with Gasteiger partial charge in [-0.15, -0.1) is 0 Å². The number of likely N-dealkylation sites (tertiary alicyclic amines) is 1. The number of carbonyl (C=O) groups is 1. The fourth-order valence-electron chi connectivity index (χ4n) is 3.45. The van der Waals surface area contributed by atoms with Gasteiger partial charge in [0.2, 0.25) is 5.91 Å². The number of methoxy groups -OCH3 is 2. The summed E-state index contributed by atoms with van der Waals surface area (Å²) < 4.78 is 10.7. The van der Waals surface area contributed by atoms with Crippen molar-refractivity contribution in [1.29, 1.82) is 0 Å². The Kier molecular flexibility index (Phi) is 6.12. The van der Waals surface area contributed by atoms with Gasteiger partial charge in [0.1, 0.15) is 11.5 Å². The minimum absolute atomic E-state index is 0.0725. The van der Waals surface area contributed by atoms with Crippen LogP contribution in [-0.2, 0) is 17.9 Å². The number of hydrogen-bond acceptors (Lipinski definition) is 4. The van der Waals surface area contributed by atoms with E-state index in [0.29, 0.717) is 6.54 Å². The maximum absolute atomic E-state index is 12.7. The molecule has 1 atom stereocenters. The molecule has 2 aromatic carbocycles. The van der Waals surface area contributed by atoms with E-state index in [1.54, 1.807) is 14.2 Å². The van der Waals surface area contributed by atoms with Crippen LogP contribution in [0.25, 0.3) is 0 Å². The minimum Gasteiger partial charge on any atom is -0.497 e. The van der Waals surface area contributed by atoms with Gasteiger partial charge in [0, 0.05) is 18.7 Å². The number of amides is 1. The Morgan fingerprint density at radius 3 is 2.69 bits per heavy atom. The third-order valence-electron chi connectivity index (χ3n) is 4.84. The number of ether oxygens (including phenoxy) is 2. The third kappa shape index (κ3) is 4.35. The van der Waals surface area contributed by atoms with Gasteiger partial charge in [0.15, 0.2) is 0 Å². The quantitative estimate of drug-likeness (QED) is 0.830. The summed E-state index contributed by atoms with van der Waals surface area (Å²) in [6, 6.07) is 15.8. The van der Waals surface area contributed by atoms with Crippen molar-refractivity contribution in [2.45, 2.75) is 32.0 Å². The van der Waals surface area contributed by atoms with E-state index in [1.807, 2.05) is 36.4 Å². The Labute approximate surface area is 154 Å². The highest BCUT2D eigenvalue weighted by Crippen LogP contribution is 2.24. The molecular formula is C21H26N2O3. The first-order valence-electron chi connectivity index (χ1n) is 8.98. The molecule has 1 N–H and O–H groups in total. The largest absolute Gasteiger partial charge is 0.497 e. The molecule has 1 aliphatic heterocycles. The van der Waals surface area contributed by atoms with Crippen molar-refractivity contribution in [2.75, 3.05) is 20.8 Å². The van der Waals surface area contributed by atoms with E-state index in [1.165, 1.54) is 5.56 Å². The van der Waals surface area contributed by atoms with Crippen molar-refractivity contribution >= 4 is 5.91 Å². The smallest absolute Gasteiger partial charge is 0.237 e. The molecule has 3 rings (SSSR count). The van der Waals surface area contributed by atoms with Crippen LogP contribution in [0.1, 0.15) is 24.0 Å². The molecule has 1 amide bonds. The molecule has 0 bridgehead atoms. The number of nitrogens with zero attached hydrogens (tertiary/aromatic N) is 1. The molecule has 0 aliphatic carbocycles. The molecule has 138 valence electrons. The molecule has 1 aliphatic rings. The molecule has 5 heteroatoms. The summed E-state index contributed by atoms with van der Waals surface area (Å²) in [6.45, 7) is 2.19. The standard InChI is InChI=1S/C21H26N2O3/c1-25-18-10-11-20(26-2)17(13-18)14-22-21(24)19-9-6-12-23(19)15-16-7-4-3-5-8-16/h3-5,7-8,10-11,13,19H,6,9,12,14-15H2,1-2H3,(H,22,24). The van der Waals surface area contributed by atoms with Crippen molar-refractivity contribution < 1.29 is 14.3 Å². The van der Waals surface area contributed by atoms with Crippen LogP contribution in [0.15, 0.2) is 48.5 Å². The van der Waals surface area contributed by atoms with Crippen LogP contribution in [0.4, 0.5) is 0 Å². The Morgan fingerprint density at radius 1 is 1.15 bits per heavy atom. The number of carbonyl (C=O) groups excluding carboxylic acids is 1. The SMILES string of the molecule is COc1ccc(OC)c(CNC(=O)C2CCCN2Cc2ccccc2)c1. The van der Waals surface area contributed by atoms with E-state index in [2.05, 4.69) is 22.3 Å². The second-order valence-electron chi connectivity index (χ2n) is 6.51. The molecule has 0 radical (unpaired) electrons. The summed E-state index contributed by atoms with van der Waals surface area (Å²) in [6.07, 6.45) is 1.95. The number of rotatable bonds is 7. The molecule has 0 spiro atoms. The lowest BCUT2D eigenvalue weighted by Gasteiger charge is -2.24. The second-order valence-corrected chi connectivity index (χ2v) is 6.51. The second kappa shape index (κ2) is 8.72. The van der Waals surface area contributed by atoms with Crippen molar-refractivity contribution in [3.05, 3.63) is 59.7 Å². The van der Waals surface area contributed by atoms with Gasteiger partial charge in [-0.05, 0) is 43.1 Å². The monoisotopic (exact) mass is 354 g/mol. The van der Waals surface area contributed by atoms with Gasteiger partial charge in [0.05, 0.1) is 20.3 Å². The third-order valence-corrected chi connectivity index (χ3v) is 4.84. The molecule has 0 aromatic heterocycles. The van der Waals surface area contributed by atoms with Gasteiger partial charge in [0.25, 0.3) is 0 Å². The highest BCUT2D eigenvalue weighted by molar-refractivity contribution is 5.82. The predicted molar refractivity (Wildman–Crippen MR) is 101 cm³/mol. The molecule has 2 aromatic rings. The van der Waals surface area contributed by atoms with Gasteiger partial charge < -0.3 is 14.8 Å². The lowest BCUT2D eigenvalue weighted by Crippen LogP contribution is -2.42. The molecule has 1 saturated heterocycles. The molecule has 0 saturated carbocycles. The van der Waals surface area contributed by atoms with Crippen LogP contribution in [-0.4, -0.2) is 37.6 Å². The fourth-order valence-corrected chi connectivity index (χ4v) is 3.45. The highest BCUT2D eigenvalue weighted by atomic mass is 16.5. The van der Waals surface area contributed by atoms with E-state index in [4.69, 9.17) is 9.47 Å². The Morgan fingerprint density at radius 2 is 1.96 bits per heavy atom. The zero-order valence-electron chi connectivity index (χ0n) is 15.4. The van der Waals surface area contributed by atoms with E-state index < -0.39 is 0 Å². The molecule has 26 heavy (non-hydrogen) atoms. The zero-order valence-corrected chi connectivity index (χ0v) is 15.4. The molecular weight excluding hydrogens is 328 g/mol. The first-order chi connectivity index (χ1) is 12.7. The zero-order chi connectivity index (χ0) is 18.4. The summed E-state index contributed by atoms with van der Waals surface area (Å²) in [5.41, 5.74) is 2.15. The van der Waals surface area contributed by atoms with Crippen LogP contribution in [0.2, 0.25) is 0 Å². The van der Waals surface area contributed by atoms with Gasteiger partial charge in [-0.1, -0.05) is 30.3 Å². The van der Waals surface area contributed by atoms with Gasteiger partial charge in [-0.3, -0.25) is 9.69 Å². The van der Waals surface area contributed by atoms with Gasteiger partial charge in [-0.25, -0.2) is 0 Å². The van der Waals surface area contributed by atoms with E-state index >= 15 is 0 Å². The molecule has 5 nitrogen and oxygen atoms in total. The highest BCUT2D eigenvalue weighted by Gasteiger charge is 2.30. The maximum Gasteiger partial charge on any atom is 0.237 e. The van der Waals surface area contributed by atoms with Crippen molar-refractivity contribution in [3.8, 4) is 11.5 Å². The summed E-state index contributed by atoms with van der Waals surface area (Å²) in [7, 11) is 3.26. The summed E-state index contributed by atoms with van der Waals surface area (Å²) in [5.74, 6) is 1.57. The van der Waals surface area contributed by atoms with Crippen LogP contribution < -0.4 is 14.8 Å². The average molecular weight is 354 g/mol. The van der Waals surface area contributed by atoms with Gasteiger partial charge in [-0.2, -0.15) is 0 Å². The number of benzene rings is 2. The van der Waals surface area contributed by atoms with E-state index in [9.17, 15) is 4.79 Å².